The van der Waals surface area contributed by atoms with Crippen molar-refractivity contribution >= 4 is 64.9 Å². The maximum Gasteiger partial charge on any atom is 0.326 e. The second-order valence-electron chi connectivity index (χ2n) is 8.66. The van der Waals surface area contributed by atoms with Gasteiger partial charge in [-0.1, -0.05) is 18.2 Å². The highest BCUT2D eigenvalue weighted by Crippen LogP contribution is 2.19. The van der Waals surface area contributed by atoms with Crippen LogP contribution in [0.3, 0.4) is 0 Å². The van der Waals surface area contributed by atoms with Gasteiger partial charge in [-0.3, -0.25) is 19.2 Å². The third kappa shape index (κ3) is 9.26. The summed E-state index contributed by atoms with van der Waals surface area (Å²) in [5.41, 5.74) is 12.6. The third-order valence-corrected chi connectivity index (χ3v) is 6.82. The molecule has 4 unspecified atom stereocenters. The summed E-state index contributed by atoms with van der Waals surface area (Å²) in [6.07, 6.45) is 3.52. The monoisotopic (exact) mass is 566 g/mol. The van der Waals surface area contributed by atoms with E-state index >= 15 is 0 Å². The first-order chi connectivity index (χ1) is 18.1. The smallest absolute Gasteiger partial charge is 0.326 e. The number of carbonyl (C=O) groups is 5. The van der Waals surface area contributed by atoms with Gasteiger partial charge in [-0.15, -0.1) is 0 Å². The molecule has 0 spiro atoms. The van der Waals surface area contributed by atoms with Gasteiger partial charge in [0.15, 0.2) is 0 Å². The van der Waals surface area contributed by atoms with Gasteiger partial charge >= 0.3 is 5.97 Å². The topological polar surface area (TPSA) is 209 Å². The van der Waals surface area contributed by atoms with E-state index in [1.807, 2.05) is 30.5 Å². The zero-order chi connectivity index (χ0) is 28.2. The lowest BCUT2D eigenvalue weighted by Gasteiger charge is -2.24. The van der Waals surface area contributed by atoms with Gasteiger partial charge in [0.05, 0.1) is 6.04 Å². The molecule has 0 saturated heterocycles. The second kappa shape index (κ2) is 15.2. The molecule has 0 aliphatic carbocycles. The molecule has 0 fully saturated rings. The maximum atomic E-state index is 13.1. The number of H-pyrrole nitrogens is 1. The number of amides is 4. The zero-order valence-electron chi connectivity index (χ0n) is 20.9. The number of carbonyl (C=O) groups excluding carboxylic acids is 4. The third-order valence-electron chi connectivity index (χ3n) is 5.81. The van der Waals surface area contributed by atoms with Crippen LogP contribution in [0.5, 0.6) is 0 Å². The minimum Gasteiger partial charge on any atom is -0.480 e. The molecular formula is C24H34N6O6S2. The Labute approximate surface area is 229 Å². The lowest BCUT2D eigenvalue weighted by molar-refractivity contribution is -0.142. The average Bonchev–Trinajstić information content (AvgIpc) is 3.29. The minimum absolute atomic E-state index is 0.0230. The number of carboxylic acids is 1. The van der Waals surface area contributed by atoms with Gasteiger partial charge in [0.1, 0.15) is 18.1 Å². The number of aromatic nitrogens is 1. The number of hydrogen-bond donors (Lipinski definition) is 8. The van der Waals surface area contributed by atoms with Crippen LogP contribution < -0.4 is 27.4 Å². The Balaban J connectivity index is 2.13. The Morgan fingerprint density at radius 1 is 1.00 bits per heavy atom. The molecule has 0 aliphatic heterocycles. The lowest BCUT2D eigenvalue weighted by atomic mass is 10.0. The van der Waals surface area contributed by atoms with E-state index in [1.165, 1.54) is 11.8 Å². The summed E-state index contributed by atoms with van der Waals surface area (Å²) >= 11 is 5.64. The van der Waals surface area contributed by atoms with E-state index in [4.69, 9.17) is 11.5 Å². The molecule has 2 rings (SSSR count). The van der Waals surface area contributed by atoms with Crippen molar-refractivity contribution in [3.63, 3.8) is 0 Å². The standard InChI is InChI=1S/C24H34N6O6S2/c1-38-9-8-15(25)21(32)30-19(12-37)23(34)28-17(6-7-20(26)31)22(33)29-18(24(35)36)10-13-11-27-16-5-3-2-4-14(13)16/h2-5,11,15,17-19,27,37H,6-10,12,25H2,1H3,(H2,26,31)(H,28,34)(H,29,33)(H,30,32)(H,35,36). The van der Waals surface area contributed by atoms with Gasteiger partial charge in [0.2, 0.25) is 23.6 Å². The van der Waals surface area contributed by atoms with Crippen molar-refractivity contribution in [2.45, 2.75) is 49.9 Å². The number of aliphatic carboxylic acids is 1. The highest BCUT2D eigenvalue weighted by molar-refractivity contribution is 7.98. The largest absolute Gasteiger partial charge is 0.480 e. The molecule has 14 heteroatoms. The van der Waals surface area contributed by atoms with Crippen molar-refractivity contribution in [1.82, 2.24) is 20.9 Å². The van der Waals surface area contributed by atoms with Crippen LogP contribution in [-0.2, 0) is 30.4 Å². The Kier molecular flexibility index (Phi) is 12.4. The van der Waals surface area contributed by atoms with Crippen molar-refractivity contribution in [3.05, 3.63) is 36.0 Å². The van der Waals surface area contributed by atoms with Gasteiger partial charge in [-0.05, 0) is 36.5 Å². The van der Waals surface area contributed by atoms with E-state index in [0.29, 0.717) is 17.7 Å². The quantitative estimate of drug-likeness (QED) is 0.124. The number of nitrogens with two attached hydrogens (primary N) is 2. The van der Waals surface area contributed by atoms with Gasteiger partial charge in [-0.25, -0.2) is 4.79 Å². The highest BCUT2D eigenvalue weighted by atomic mass is 32.2. The van der Waals surface area contributed by atoms with Crippen LogP contribution in [0.1, 0.15) is 24.8 Å². The number of carboxylic acid groups (broad SMARTS) is 1. The molecule has 2 aromatic rings. The fraction of sp³-hybridized carbons (Fsp3) is 0.458. The Morgan fingerprint density at radius 3 is 2.26 bits per heavy atom. The maximum absolute atomic E-state index is 13.1. The van der Waals surface area contributed by atoms with Gasteiger partial charge in [-0.2, -0.15) is 24.4 Å². The van der Waals surface area contributed by atoms with Crippen molar-refractivity contribution in [1.29, 1.82) is 0 Å². The Hall–Kier alpha value is -3.23. The van der Waals surface area contributed by atoms with E-state index in [-0.39, 0.29) is 25.0 Å². The summed E-state index contributed by atoms with van der Waals surface area (Å²) in [7, 11) is 0. The van der Waals surface area contributed by atoms with Crippen LogP contribution in [0.4, 0.5) is 0 Å². The summed E-state index contributed by atoms with van der Waals surface area (Å²) in [6.45, 7) is 0. The zero-order valence-corrected chi connectivity index (χ0v) is 22.6. The first-order valence-corrected chi connectivity index (χ1v) is 13.9. The SMILES string of the molecule is CSCCC(N)C(=O)NC(CS)C(=O)NC(CCC(N)=O)C(=O)NC(Cc1c[nH]c2ccccc12)C(=O)O. The molecule has 9 N–H and O–H groups in total. The number of para-hydroxylation sites is 1. The van der Waals surface area contributed by atoms with Crippen LogP contribution in [0.15, 0.2) is 30.5 Å². The lowest BCUT2D eigenvalue weighted by Crippen LogP contribution is -2.58. The molecule has 0 saturated carbocycles. The Morgan fingerprint density at radius 2 is 1.63 bits per heavy atom. The molecule has 208 valence electrons. The number of thiol groups is 1. The number of aromatic amines is 1. The minimum atomic E-state index is -1.32. The van der Waals surface area contributed by atoms with E-state index < -0.39 is 53.8 Å². The summed E-state index contributed by atoms with van der Waals surface area (Å²) in [4.78, 5) is 64.7. The van der Waals surface area contributed by atoms with Crippen LogP contribution in [0, 0.1) is 0 Å². The van der Waals surface area contributed by atoms with Crippen LogP contribution in [0.25, 0.3) is 10.9 Å². The number of benzene rings is 1. The molecule has 1 heterocycles. The summed E-state index contributed by atoms with van der Waals surface area (Å²) in [5, 5.41) is 18.0. The molecule has 1 aromatic heterocycles. The fourth-order valence-corrected chi connectivity index (χ4v) is 4.42. The molecule has 0 radical (unpaired) electrons. The normalized spacial score (nSPS) is 14.2. The Bertz CT molecular complexity index is 1140. The molecule has 4 amide bonds. The molecule has 38 heavy (non-hydrogen) atoms. The van der Waals surface area contributed by atoms with Crippen LogP contribution in [0.2, 0.25) is 0 Å². The van der Waals surface area contributed by atoms with Crippen molar-refractivity contribution in [3.8, 4) is 0 Å². The average molecular weight is 567 g/mol. The predicted molar refractivity (Wildman–Crippen MR) is 149 cm³/mol. The fourth-order valence-electron chi connectivity index (χ4n) is 3.67. The molecular weight excluding hydrogens is 532 g/mol. The van der Waals surface area contributed by atoms with Crippen molar-refractivity contribution < 1.29 is 29.1 Å². The predicted octanol–water partition coefficient (Wildman–Crippen LogP) is -0.475. The van der Waals surface area contributed by atoms with Gasteiger partial charge in [0.25, 0.3) is 0 Å². The number of rotatable bonds is 16. The summed E-state index contributed by atoms with van der Waals surface area (Å²) in [5.74, 6) is -3.50. The first kappa shape index (κ1) is 31.0. The molecule has 0 aliphatic rings. The molecule has 1 aromatic carbocycles. The molecule has 0 bridgehead atoms. The van der Waals surface area contributed by atoms with Crippen LogP contribution in [-0.4, -0.2) is 81.6 Å². The van der Waals surface area contributed by atoms with Crippen molar-refractivity contribution in [2.75, 3.05) is 17.8 Å². The van der Waals surface area contributed by atoms with Crippen LogP contribution >= 0.6 is 24.4 Å². The van der Waals surface area contributed by atoms with Gasteiger partial charge in [0, 0.05) is 35.7 Å². The molecule has 12 nitrogen and oxygen atoms in total. The number of hydrogen-bond acceptors (Lipinski definition) is 8. The second-order valence-corrected chi connectivity index (χ2v) is 10.0. The number of primary amides is 1. The van der Waals surface area contributed by atoms with Crippen molar-refractivity contribution in [2.24, 2.45) is 11.5 Å². The number of fused-ring (bicyclic) bond motifs is 1. The van der Waals surface area contributed by atoms with E-state index in [1.54, 1.807) is 6.20 Å². The number of thioether (sulfide) groups is 1. The summed E-state index contributed by atoms with van der Waals surface area (Å²) in [6, 6.07) is 2.78. The number of nitrogens with one attached hydrogen (secondary N) is 4. The van der Waals surface area contributed by atoms with E-state index in [2.05, 4.69) is 33.6 Å². The highest BCUT2D eigenvalue weighted by Gasteiger charge is 2.30. The summed E-state index contributed by atoms with van der Waals surface area (Å²) < 4.78 is 0. The van der Waals surface area contributed by atoms with E-state index in [9.17, 15) is 29.1 Å². The van der Waals surface area contributed by atoms with E-state index in [0.717, 1.165) is 10.9 Å². The molecule has 4 atom stereocenters. The van der Waals surface area contributed by atoms with Gasteiger partial charge < -0.3 is 37.5 Å². The first-order valence-electron chi connectivity index (χ1n) is 11.9.